The summed E-state index contributed by atoms with van der Waals surface area (Å²) in [6, 6.07) is 8.08. The average molecular weight is 261 g/mol. The predicted molar refractivity (Wildman–Crippen MR) is 79.6 cm³/mol. The van der Waals surface area contributed by atoms with E-state index >= 15 is 0 Å². The third-order valence-corrected chi connectivity index (χ3v) is 3.05. The van der Waals surface area contributed by atoms with Gasteiger partial charge in [-0.25, -0.2) is 4.99 Å². The average Bonchev–Trinajstić information content (AvgIpc) is 2.38. The van der Waals surface area contributed by atoms with Gasteiger partial charge in [-0.2, -0.15) is 0 Å². The van der Waals surface area contributed by atoms with E-state index in [1.54, 1.807) is 6.34 Å². The molecule has 0 bridgehead atoms. The Morgan fingerprint density at radius 1 is 1.37 bits per heavy atom. The van der Waals surface area contributed by atoms with Crippen LogP contribution in [0.25, 0.3) is 0 Å². The van der Waals surface area contributed by atoms with Gasteiger partial charge in [-0.1, -0.05) is 19.1 Å². The molecule has 0 spiro atoms. The second-order valence-corrected chi connectivity index (χ2v) is 4.92. The number of benzene rings is 1. The molecule has 19 heavy (non-hydrogen) atoms. The van der Waals surface area contributed by atoms with E-state index in [9.17, 15) is 4.79 Å². The van der Waals surface area contributed by atoms with E-state index in [1.807, 2.05) is 38.1 Å². The van der Waals surface area contributed by atoms with E-state index < -0.39 is 0 Å². The van der Waals surface area contributed by atoms with Gasteiger partial charge in [0.15, 0.2) is 0 Å². The zero-order valence-electron chi connectivity index (χ0n) is 12.0. The molecule has 0 saturated heterocycles. The van der Waals surface area contributed by atoms with Crippen LogP contribution in [0.4, 0.5) is 5.69 Å². The molecule has 1 rings (SSSR count). The second-order valence-electron chi connectivity index (χ2n) is 4.92. The highest BCUT2D eigenvalue weighted by molar-refractivity contribution is 5.76. The fraction of sp³-hybridized carbons (Fsp3) is 0.467. The summed E-state index contributed by atoms with van der Waals surface area (Å²) in [6.07, 6.45) is 4.26. The van der Waals surface area contributed by atoms with Crippen molar-refractivity contribution in [3.05, 3.63) is 29.8 Å². The van der Waals surface area contributed by atoms with Crippen LogP contribution in [0.5, 0.6) is 0 Å². The second kappa shape index (κ2) is 7.56. The van der Waals surface area contributed by atoms with Crippen molar-refractivity contribution in [3.63, 3.8) is 0 Å². The summed E-state index contributed by atoms with van der Waals surface area (Å²) in [7, 11) is 3.87. The Bertz CT molecular complexity index is 424. The summed E-state index contributed by atoms with van der Waals surface area (Å²) in [4.78, 5) is 17.4. The minimum atomic E-state index is -0.199. The number of rotatable bonds is 7. The van der Waals surface area contributed by atoms with Crippen LogP contribution in [0.2, 0.25) is 0 Å². The summed E-state index contributed by atoms with van der Waals surface area (Å²) in [5.74, 6) is -0.221. The SMILES string of the molecule is CCC(CCc1ccc(N=CN(C)C)cc1)C(N)=O. The van der Waals surface area contributed by atoms with Crippen molar-refractivity contribution in [1.29, 1.82) is 0 Å². The van der Waals surface area contributed by atoms with Crippen molar-refractivity contribution in [2.75, 3.05) is 14.1 Å². The van der Waals surface area contributed by atoms with Crippen LogP contribution in [0.1, 0.15) is 25.3 Å². The Morgan fingerprint density at radius 3 is 2.47 bits per heavy atom. The van der Waals surface area contributed by atoms with Gasteiger partial charge in [0, 0.05) is 20.0 Å². The van der Waals surface area contributed by atoms with Crippen molar-refractivity contribution in [1.82, 2.24) is 4.90 Å². The third-order valence-electron chi connectivity index (χ3n) is 3.05. The minimum Gasteiger partial charge on any atom is -0.369 e. The quantitative estimate of drug-likeness (QED) is 0.605. The van der Waals surface area contributed by atoms with Gasteiger partial charge in [0.25, 0.3) is 0 Å². The molecule has 1 atom stereocenters. The Labute approximate surface area is 115 Å². The first-order chi connectivity index (χ1) is 9.02. The van der Waals surface area contributed by atoms with E-state index in [2.05, 4.69) is 17.1 Å². The number of nitrogens with zero attached hydrogens (tertiary/aromatic N) is 2. The molecule has 0 saturated carbocycles. The predicted octanol–water partition coefficient (Wildman–Crippen LogP) is 2.35. The third kappa shape index (κ3) is 5.55. The van der Waals surface area contributed by atoms with Crippen molar-refractivity contribution in [2.45, 2.75) is 26.2 Å². The van der Waals surface area contributed by atoms with Crippen LogP contribution in [0.15, 0.2) is 29.3 Å². The number of carbonyl (C=O) groups is 1. The molecule has 0 heterocycles. The summed E-state index contributed by atoms with van der Waals surface area (Å²) in [6.45, 7) is 1.99. The first-order valence-electron chi connectivity index (χ1n) is 6.61. The smallest absolute Gasteiger partial charge is 0.220 e. The summed E-state index contributed by atoms with van der Waals surface area (Å²) in [5.41, 5.74) is 7.48. The van der Waals surface area contributed by atoms with Crippen molar-refractivity contribution < 1.29 is 4.79 Å². The molecule has 2 N–H and O–H groups in total. The van der Waals surface area contributed by atoms with E-state index in [4.69, 9.17) is 5.73 Å². The molecule has 0 radical (unpaired) electrons. The van der Waals surface area contributed by atoms with Gasteiger partial charge >= 0.3 is 0 Å². The van der Waals surface area contributed by atoms with Crippen molar-refractivity contribution in [3.8, 4) is 0 Å². The normalized spacial score (nSPS) is 12.6. The van der Waals surface area contributed by atoms with Gasteiger partial charge < -0.3 is 10.6 Å². The lowest BCUT2D eigenvalue weighted by Gasteiger charge is -2.10. The first-order valence-corrected chi connectivity index (χ1v) is 6.61. The molecule has 104 valence electrons. The number of hydrogen-bond donors (Lipinski definition) is 1. The van der Waals surface area contributed by atoms with Crippen LogP contribution in [-0.2, 0) is 11.2 Å². The van der Waals surface area contributed by atoms with Crippen LogP contribution in [0, 0.1) is 5.92 Å². The van der Waals surface area contributed by atoms with Gasteiger partial charge in [-0.15, -0.1) is 0 Å². The topological polar surface area (TPSA) is 58.7 Å². The number of aliphatic imine (C=N–C) groups is 1. The van der Waals surface area contributed by atoms with Gasteiger partial charge in [0.05, 0.1) is 12.0 Å². The van der Waals surface area contributed by atoms with E-state index in [0.717, 1.165) is 24.9 Å². The van der Waals surface area contributed by atoms with Crippen molar-refractivity contribution in [2.24, 2.45) is 16.6 Å². The van der Waals surface area contributed by atoms with E-state index in [-0.39, 0.29) is 11.8 Å². The fourth-order valence-electron chi connectivity index (χ4n) is 1.82. The number of primary amides is 1. The molecule has 1 amide bonds. The number of aryl methyl sites for hydroxylation is 1. The zero-order valence-corrected chi connectivity index (χ0v) is 12.0. The molecule has 1 aromatic rings. The summed E-state index contributed by atoms with van der Waals surface area (Å²) >= 11 is 0. The Kier molecular flexibility index (Phi) is 6.06. The van der Waals surface area contributed by atoms with Crippen LogP contribution in [0.3, 0.4) is 0 Å². The maximum Gasteiger partial charge on any atom is 0.220 e. The van der Waals surface area contributed by atoms with Gasteiger partial charge in [0.1, 0.15) is 0 Å². The van der Waals surface area contributed by atoms with Gasteiger partial charge in [-0.3, -0.25) is 4.79 Å². The monoisotopic (exact) mass is 261 g/mol. The highest BCUT2D eigenvalue weighted by atomic mass is 16.1. The molecule has 0 fully saturated rings. The van der Waals surface area contributed by atoms with E-state index in [0.29, 0.717) is 0 Å². The number of nitrogens with two attached hydrogens (primary N) is 1. The number of amides is 1. The van der Waals surface area contributed by atoms with Gasteiger partial charge in [0.2, 0.25) is 5.91 Å². The Balaban J connectivity index is 2.55. The lowest BCUT2D eigenvalue weighted by Crippen LogP contribution is -2.23. The Hall–Kier alpha value is -1.84. The minimum absolute atomic E-state index is 0.0218. The molecule has 0 aliphatic rings. The summed E-state index contributed by atoms with van der Waals surface area (Å²) in [5, 5.41) is 0. The maximum absolute atomic E-state index is 11.2. The number of carbonyl (C=O) groups excluding carboxylic acids is 1. The molecule has 4 nitrogen and oxygen atoms in total. The highest BCUT2D eigenvalue weighted by Crippen LogP contribution is 2.16. The van der Waals surface area contributed by atoms with Crippen LogP contribution < -0.4 is 5.73 Å². The van der Waals surface area contributed by atoms with E-state index in [1.165, 1.54) is 5.56 Å². The molecule has 0 aliphatic heterocycles. The fourth-order valence-corrected chi connectivity index (χ4v) is 1.82. The molecule has 1 unspecified atom stereocenters. The maximum atomic E-state index is 11.2. The highest BCUT2D eigenvalue weighted by Gasteiger charge is 2.12. The standard InChI is InChI=1S/C15H23N3O/c1-4-13(15(16)19)8-5-12-6-9-14(10-7-12)17-11-18(2)3/h6-7,9-11,13H,4-5,8H2,1-3H3,(H2,16,19). The van der Waals surface area contributed by atoms with Crippen LogP contribution >= 0.6 is 0 Å². The molecule has 1 aromatic carbocycles. The Morgan fingerprint density at radius 2 is 2.00 bits per heavy atom. The summed E-state index contributed by atoms with van der Waals surface area (Å²) < 4.78 is 0. The van der Waals surface area contributed by atoms with Gasteiger partial charge in [-0.05, 0) is 37.0 Å². The largest absolute Gasteiger partial charge is 0.369 e. The lowest BCUT2D eigenvalue weighted by molar-refractivity contribution is -0.122. The molecule has 0 aromatic heterocycles. The lowest BCUT2D eigenvalue weighted by atomic mass is 9.96. The number of hydrogen-bond acceptors (Lipinski definition) is 2. The molecule has 4 heteroatoms. The first kappa shape index (κ1) is 15.2. The zero-order chi connectivity index (χ0) is 14.3. The molecular weight excluding hydrogens is 238 g/mol. The van der Waals surface area contributed by atoms with Crippen molar-refractivity contribution >= 4 is 17.9 Å². The van der Waals surface area contributed by atoms with Crippen LogP contribution in [-0.4, -0.2) is 31.2 Å². The molecular formula is C15H23N3O. The molecule has 0 aliphatic carbocycles.